The molecule has 1 aromatic carbocycles. The van der Waals surface area contributed by atoms with Gasteiger partial charge in [-0.3, -0.25) is 4.79 Å². The van der Waals surface area contributed by atoms with Gasteiger partial charge in [0, 0.05) is 0 Å². The molecule has 1 unspecified atom stereocenters. The van der Waals surface area contributed by atoms with Crippen LogP contribution < -0.4 is 15.4 Å². The second kappa shape index (κ2) is 6.65. The van der Waals surface area contributed by atoms with Crippen LogP contribution in [-0.4, -0.2) is 19.6 Å². The Morgan fingerprint density at radius 3 is 2.80 bits per heavy atom. The van der Waals surface area contributed by atoms with Crippen molar-refractivity contribution >= 4 is 11.6 Å². The van der Waals surface area contributed by atoms with Crippen LogP contribution >= 0.6 is 0 Å². The summed E-state index contributed by atoms with van der Waals surface area (Å²) in [5.41, 5.74) is 0.788. The second-order valence-electron chi connectivity index (χ2n) is 4.36. The normalized spacial score (nSPS) is 11.7. The number of para-hydroxylation sites is 2. The monoisotopic (exact) mass is 274 g/mol. The number of carbonyl (C=O) groups is 1. The number of hydrogen-bond donors (Lipinski definition) is 2. The number of carbonyl (C=O) groups excluding carboxylic acids is 1. The van der Waals surface area contributed by atoms with Crippen LogP contribution in [0.25, 0.3) is 0 Å². The first-order valence-electron chi connectivity index (χ1n) is 6.40. The highest BCUT2D eigenvalue weighted by Gasteiger charge is 2.11. The number of benzene rings is 1. The zero-order valence-electron chi connectivity index (χ0n) is 11.6. The van der Waals surface area contributed by atoms with Crippen LogP contribution in [0.4, 0.5) is 5.69 Å². The van der Waals surface area contributed by atoms with Crippen LogP contribution in [0.2, 0.25) is 0 Å². The van der Waals surface area contributed by atoms with Crippen LogP contribution in [0, 0.1) is 0 Å². The number of ether oxygens (including phenoxy) is 1. The van der Waals surface area contributed by atoms with E-state index in [2.05, 4.69) is 10.6 Å². The van der Waals surface area contributed by atoms with Gasteiger partial charge in [0.15, 0.2) is 0 Å². The predicted octanol–water partition coefficient (Wildman–Crippen LogP) is 2.58. The van der Waals surface area contributed by atoms with Gasteiger partial charge in [-0.15, -0.1) is 0 Å². The number of methoxy groups -OCH3 is 1. The fourth-order valence-electron chi connectivity index (χ4n) is 1.87. The number of anilines is 1. The molecule has 2 rings (SSSR count). The minimum Gasteiger partial charge on any atom is -0.495 e. The molecule has 20 heavy (non-hydrogen) atoms. The van der Waals surface area contributed by atoms with E-state index in [-0.39, 0.29) is 18.5 Å². The SMILES string of the molecule is COc1ccccc1NCC(=O)NC(C)c1ccco1. The van der Waals surface area contributed by atoms with Crippen molar-refractivity contribution in [2.24, 2.45) is 0 Å². The highest BCUT2D eigenvalue weighted by molar-refractivity contribution is 5.81. The Bertz CT molecular complexity index is 552. The van der Waals surface area contributed by atoms with Crippen molar-refractivity contribution in [2.75, 3.05) is 19.0 Å². The Labute approximate surface area is 117 Å². The van der Waals surface area contributed by atoms with Crippen LogP contribution in [-0.2, 0) is 4.79 Å². The molecule has 106 valence electrons. The summed E-state index contributed by atoms with van der Waals surface area (Å²) in [6.07, 6.45) is 1.59. The van der Waals surface area contributed by atoms with Crippen LogP contribution in [0.3, 0.4) is 0 Å². The second-order valence-corrected chi connectivity index (χ2v) is 4.36. The molecule has 1 heterocycles. The number of amides is 1. The first kappa shape index (κ1) is 14.0. The van der Waals surface area contributed by atoms with Crippen molar-refractivity contribution in [2.45, 2.75) is 13.0 Å². The zero-order valence-corrected chi connectivity index (χ0v) is 11.6. The van der Waals surface area contributed by atoms with Crippen molar-refractivity contribution in [1.82, 2.24) is 5.32 Å². The van der Waals surface area contributed by atoms with Gasteiger partial charge in [-0.05, 0) is 31.2 Å². The van der Waals surface area contributed by atoms with Gasteiger partial charge < -0.3 is 19.8 Å². The number of nitrogens with one attached hydrogen (secondary N) is 2. The average molecular weight is 274 g/mol. The summed E-state index contributed by atoms with van der Waals surface area (Å²) in [5, 5.41) is 5.90. The molecule has 1 aromatic heterocycles. The molecule has 0 saturated carbocycles. The lowest BCUT2D eigenvalue weighted by molar-refractivity contribution is -0.120. The third-order valence-corrected chi connectivity index (χ3v) is 2.89. The third kappa shape index (κ3) is 3.54. The van der Waals surface area contributed by atoms with E-state index in [0.29, 0.717) is 5.75 Å². The fourth-order valence-corrected chi connectivity index (χ4v) is 1.87. The van der Waals surface area contributed by atoms with E-state index in [1.54, 1.807) is 19.4 Å². The number of rotatable bonds is 6. The molecule has 2 aromatic rings. The highest BCUT2D eigenvalue weighted by atomic mass is 16.5. The van der Waals surface area contributed by atoms with Crippen molar-refractivity contribution in [3.8, 4) is 5.75 Å². The van der Waals surface area contributed by atoms with Crippen molar-refractivity contribution in [1.29, 1.82) is 0 Å². The van der Waals surface area contributed by atoms with Crippen molar-refractivity contribution < 1.29 is 13.9 Å². The number of furan rings is 1. The Kier molecular flexibility index (Phi) is 4.65. The first-order chi connectivity index (χ1) is 9.70. The Morgan fingerprint density at radius 1 is 1.30 bits per heavy atom. The van der Waals surface area contributed by atoms with E-state index in [0.717, 1.165) is 11.4 Å². The van der Waals surface area contributed by atoms with E-state index in [1.807, 2.05) is 37.3 Å². The fraction of sp³-hybridized carbons (Fsp3) is 0.267. The molecular formula is C15H18N2O3. The zero-order chi connectivity index (χ0) is 14.4. The molecule has 0 aliphatic rings. The third-order valence-electron chi connectivity index (χ3n) is 2.89. The van der Waals surface area contributed by atoms with E-state index >= 15 is 0 Å². The topological polar surface area (TPSA) is 63.5 Å². The summed E-state index contributed by atoms with van der Waals surface area (Å²) in [6.45, 7) is 2.05. The molecule has 0 radical (unpaired) electrons. The van der Waals surface area contributed by atoms with E-state index < -0.39 is 0 Å². The van der Waals surface area contributed by atoms with Crippen molar-refractivity contribution in [3.63, 3.8) is 0 Å². The minimum atomic E-state index is -0.156. The molecule has 5 nitrogen and oxygen atoms in total. The van der Waals surface area contributed by atoms with Gasteiger partial charge in [-0.25, -0.2) is 0 Å². The molecule has 1 amide bonds. The molecule has 0 bridgehead atoms. The van der Waals surface area contributed by atoms with Crippen LogP contribution in [0.15, 0.2) is 47.1 Å². The Morgan fingerprint density at radius 2 is 2.10 bits per heavy atom. The molecule has 0 fully saturated rings. The lowest BCUT2D eigenvalue weighted by Crippen LogP contribution is -2.31. The maximum Gasteiger partial charge on any atom is 0.239 e. The van der Waals surface area contributed by atoms with Gasteiger partial charge in [-0.1, -0.05) is 12.1 Å². The summed E-state index contributed by atoms with van der Waals surface area (Å²) in [4.78, 5) is 11.9. The standard InChI is InChI=1S/C15H18N2O3/c1-11(13-8-5-9-20-13)17-15(18)10-16-12-6-3-4-7-14(12)19-2/h3-9,11,16H,10H2,1-2H3,(H,17,18). The van der Waals surface area contributed by atoms with Crippen LogP contribution in [0.1, 0.15) is 18.7 Å². The summed E-state index contributed by atoms with van der Waals surface area (Å²) < 4.78 is 10.4. The largest absolute Gasteiger partial charge is 0.495 e. The lowest BCUT2D eigenvalue weighted by atomic mass is 10.2. The average Bonchev–Trinajstić information content (AvgIpc) is 2.99. The molecule has 0 saturated heterocycles. The molecule has 2 N–H and O–H groups in total. The smallest absolute Gasteiger partial charge is 0.239 e. The molecular weight excluding hydrogens is 256 g/mol. The predicted molar refractivity (Wildman–Crippen MR) is 76.7 cm³/mol. The van der Waals surface area contributed by atoms with Gasteiger partial charge in [-0.2, -0.15) is 0 Å². The summed E-state index contributed by atoms with van der Waals surface area (Å²) in [7, 11) is 1.60. The lowest BCUT2D eigenvalue weighted by Gasteiger charge is -2.13. The molecule has 0 spiro atoms. The Hall–Kier alpha value is -2.43. The minimum absolute atomic E-state index is 0.111. The molecule has 1 atom stereocenters. The van der Waals surface area contributed by atoms with E-state index in [1.165, 1.54) is 0 Å². The summed E-state index contributed by atoms with van der Waals surface area (Å²) >= 11 is 0. The Balaban J connectivity index is 1.86. The van der Waals surface area contributed by atoms with Crippen molar-refractivity contribution in [3.05, 3.63) is 48.4 Å². The summed E-state index contributed by atoms with van der Waals surface area (Å²) in [5.74, 6) is 1.33. The van der Waals surface area contributed by atoms with Crippen LogP contribution in [0.5, 0.6) is 5.75 Å². The number of hydrogen-bond acceptors (Lipinski definition) is 4. The van der Waals surface area contributed by atoms with Gasteiger partial charge in [0.05, 0.1) is 31.6 Å². The highest BCUT2D eigenvalue weighted by Crippen LogP contribution is 2.22. The maximum atomic E-state index is 11.9. The quantitative estimate of drug-likeness (QED) is 0.849. The molecule has 0 aliphatic carbocycles. The van der Waals surface area contributed by atoms with Gasteiger partial charge in [0.1, 0.15) is 11.5 Å². The molecule has 5 heteroatoms. The van der Waals surface area contributed by atoms with E-state index in [9.17, 15) is 4.79 Å². The summed E-state index contributed by atoms with van der Waals surface area (Å²) in [6, 6.07) is 10.9. The first-order valence-corrected chi connectivity index (χ1v) is 6.40. The van der Waals surface area contributed by atoms with Gasteiger partial charge in [0.25, 0.3) is 0 Å². The van der Waals surface area contributed by atoms with Gasteiger partial charge in [0.2, 0.25) is 5.91 Å². The van der Waals surface area contributed by atoms with E-state index in [4.69, 9.17) is 9.15 Å². The van der Waals surface area contributed by atoms with Gasteiger partial charge >= 0.3 is 0 Å². The molecule has 0 aliphatic heterocycles. The maximum absolute atomic E-state index is 11.9.